The van der Waals surface area contributed by atoms with E-state index in [1.165, 1.54) is 327 Å². The Kier molecular flexibility index (Phi) is 54.2. The van der Waals surface area contributed by atoms with Crippen molar-refractivity contribution in [1.29, 1.82) is 0 Å². The van der Waals surface area contributed by atoms with Crippen molar-refractivity contribution in [3.05, 3.63) is 12.2 Å². The maximum absolute atomic E-state index is 12.6. The summed E-state index contributed by atoms with van der Waals surface area (Å²) in [6, 6.07) is 0. The number of carbonyl (C=O) groups is 2. The molecular formula is C67H128O6. The van der Waals surface area contributed by atoms with E-state index in [0.29, 0.717) is 6.42 Å². The minimum atomic E-state index is -1.12. The predicted octanol–water partition coefficient (Wildman–Crippen LogP) is 21.1. The molecule has 6 heteroatoms. The van der Waals surface area contributed by atoms with Crippen molar-refractivity contribution in [1.82, 2.24) is 0 Å². The van der Waals surface area contributed by atoms with Crippen LogP contribution in [0.3, 0.4) is 0 Å². The lowest BCUT2D eigenvalue weighted by atomic mass is 9.92. The normalized spacial score (nSPS) is 15.2. The van der Waals surface area contributed by atoms with Crippen LogP contribution in [0.5, 0.6) is 0 Å². The SMILES string of the molecule is CCCCCCCCC/C=C/CCCCCCCCCCCCCCCCCCCCCCCCCCCCCCCCCCCCCCCCCCCCCCCC1CC(=O)OCC(CO)(CO)COC1=O. The van der Waals surface area contributed by atoms with Crippen LogP contribution in [-0.4, -0.2) is 48.6 Å². The van der Waals surface area contributed by atoms with E-state index < -0.39 is 36.5 Å². The highest BCUT2D eigenvalue weighted by Gasteiger charge is 2.36. The van der Waals surface area contributed by atoms with Gasteiger partial charge in [-0.3, -0.25) is 9.59 Å². The van der Waals surface area contributed by atoms with Gasteiger partial charge >= 0.3 is 11.9 Å². The summed E-state index contributed by atoms with van der Waals surface area (Å²) >= 11 is 0. The molecule has 1 atom stereocenters. The molecular weight excluding hydrogens is 901 g/mol. The molecule has 0 radical (unpaired) electrons. The Bertz CT molecular complexity index is 1150. The summed E-state index contributed by atoms with van der Waals surface area (Å²) in [6.45, 7) is 1.21. The van der Waals surface area contributed by atoms with Crippen molar-refractivity contribution in [2.45, 2.75) is 366 Å². The maximum Gasteiger partial charge on any atom is 0.309 e. The molecule has 0 aromatic carbocycles. The molecule has 0 aliphatic carbocycles. The Morgan fingerprint density at radius 3 is 0.849 bits per heavy atom. The second kappa shape index (κ2) is 56.8. The monoisotopic (exact) mass is 1030 g/mol. The first kappa shape index (κ1) is 69.6. The minimum Gasteiger partial charge on any atom is -0.465 e. The number of allylic oxidation sites excluding steroid dienone is 2. The zero-order chi connectivity index (χ0) is 52.5. The fourth-order valence-corrected chi connectivity index (χ4v) is 11.1. The van der Waals surface area contributed by atoms with Gasteiger partial charge in [0.15, 0.2) is 0 Å². The van der Waals surface area contributed by atoms with Crippen LogP contribution in [0.25, 0.3) is 0 Å². The summed E-state index contributed by atoms with van der Waals surface area (Å²) in [6.07, 6.45) is 81.6. The first-order chi connectivity index (χ1) is 36.1. The highest BCUT2D eigenvalue weighted by Crippen LogP contribution is 2.25. The second-order valence-corrected chi connectivity index (χ2v) is 23.9. The fourth-order valence-electron chi connectivity index (χ4n) is 11.1. The molecule has 1 aliphatic rings. The standard InChI is InChI=1S/C67H128O6/c1-2-3-4-5-6-7-8-9-10-11-12-13-14-15-16-17-18-19-20-21-22-23-24-25-26-27-28-29-30-31-32-33-34-35-36-37-38-39-40-41-42-43-44-45-46-47-48-49-50-51-52-53-54-55-56-57-58-64-59-65(70)72-62-67(60-68,61-69)63-73-66(64)71/h10-11,64,68-69H,2-9,12-63H2,1H3/b11-10+. The zero-order valence-electron chi connectivity index (χ0n) is 49.2. The Morgan fingerprint density at radius 2 is 0.589 bits per heavy atom. The number of hydrogen-bond acceptors (Lipinski definition) is 6. The minimum absolute atomic E-state index is 0.00519. The molecule has 1 aliphatic heterocycles. The van der Waals surface area contributed by atoms with Gasteiger partial charge in [-0.25, -0.2) is 0 Å². The predicted molar refractivity (Wildman–Crippen MR) is 315 cm³/mol. The molecule has 432 valence electrons. The number of esters is 2. The van der Waals surface area contributed by atoms with Gasteiger partial charge in [-0.15, -0.1) is 0 Å². The van der Waals surface area contributed by atoms with Gasteiger partial charge in [-0.1, -0.05) is 340 Å². The third-order valence-corrected chi connectivity index (χ3v) is 16.5. The van der Waals surface area contributed by atoms with Gasteiger partial charge in [0.1, 0.15) is 13.2 Å². The summed E-state index contributed by atoms with van der Waals surface area (Å²) in [4.78, 5) is 24.7. The largest absolute Gasteiger partial charge is 0.465 e. The molecule has 0 aromatic heterocycles. The van der Waals surface area contributed by atoms with Crippen LogP contribution >= 0.6 is 0 Å². The lowest BCUT2D eigenvalue weighted by Crippen LogP contribution is -2.40. The smallest absolute Gasteiger partial charge is 0.309 e. The summed E-state index contributed by atoms with van der Waals surface area (Å²) in [5, 5.41) is 19.2. The Hall–Kier alpha value is -1.40. The molecule has 0 saturated carbocycles. The van der Waals surface area contributed by atoms with Gasteiger partial charge in [0.05, 0.1) is 31.0 Å². The molecule has 0 aromatic rings. The number of aliphatic hydroxyl groups is 2. The number of carbonyl (C=O) groups excluding carboxylic acids is 2. The lowest BCUT2D eigenvalue weighted by Gasteiger charge is -2.27. The maximum atomic E-state index is 12.6. The van der Waals surface area contributed by atoms with E-state index in [2.05, 4.69) is 19.1 Å². The molecule has 1 fully saturated rings. The van der Waals surface area contributed by atoms with E-state index in [-0.39, 0.29) is 19.6 Å². The highest BCUT2D eigenvalue weighted by atomic mass is 16.6. The van der Waals surface area contributed by atoms with Gasteiger partial charge in [0.2, 0.25) is 0 Å². The summed E-state index contributed by atoms with van der Waals surface area (Å²) in [5.41, 5.74) is -1.12. The van der Waals surface area contributed by atoms with Crippen molar-refractivity contribution < 1.29 is 29.3 Å². The van der Waals surface area contributed by atoms with Crippen LogP contribution in [0.15, 0.2) is 12.2 Å². The van der Waals surface area contributed by atoms with E-state index >= 15 is 0 Å². The van der Waals surface area contributed by atoms with Gasteiger partial charge in [0, 0.05) is 0 Å². The first-order valence-electron chi connectivity index (χ1n) is 33.3. The Labute approximate surface area is 455 Å². The van der Waals surface area contributed by atoms with E-state index in [0.717, 1.165) is 19.3 Å². The number of rotatable bonds is 58. The van der Waals surface area contributed by atoms with E-state index in [1.54, 1.807) is 0 Å². The first-order valence-corrected chi connectivity index (χ1v) is 33.3. The van der Waals surface area contributed by atoms with Crippen molar-refractivity contribution in [2.24, 2.45) is 11.3 Å². The molecule has 0 bridgehead atoms. The Balaban J connectivity index is 1.67. The van der Waals surface area contributed by atoms with Crippen LogP contribution < -0.4 is 0 Å². The molecule has 1 heterocycles. The Morgan fingerprint density at radius 1 is 0.356 bits per heavy atom. The van der Waals surface area contributed by atoms with Crippen molar-refractivity contribution in [3.63, 3.8) is 0 Å². The van der Waals surface area contributed by atoms with Crippen LogP contribution in [0.2, 0.25) is 0 Å². The number of hydrogen-bond donors (Lipinski definition) is 2. The number of aliphatic hydroxyl groups excluding tert-OH is 2. The van der Waals surface area contributed by atoms with Gasteiger partial charge < -0.3 is 19.7 Å². The van der Waals surface area contributed by atoms with Crippen molar-refractivity contribution >= 4 is 11.9 Å². The third-order valence-electron chi connectivity index (χ3n) is 16.5. The van der Waals surface area contributed by atoms with E-state index in [1.807, 2.05) is 0 Å². The summed E-state index contributed by atoms with van der Waals surface area (Å²) in [7, 11) is 0. The number of unbranched alkanes of at least 4 members (excludes halogenated alkanes) is 52. The van der Waals surface area contributed by atoms with Crippen LogP contribution in [0.4, 0.5) is 0 Å². The van der Waals surface area contributed by atoms with Gasteiger partial charge in [0.25, 0.3) is 0 Å². The van der Waals surface area contributed by atoms with Crippen LogP contribution in [-0.2, 0) is 19.1 Å². The molecule has 1 saturated heterocycles. The average Bonchev–Trinajstić information content (AvgIpc) is 3.46. The quantitative estimate of drug-likeness (QED) is 0.0358. The average molecular weight is 1030 g/mol. The summed E-state index contributed by atoms with van der Waals surface area (Å²) in [5.74, 6) is -1.40. The highest BCUT2D eigenvalue weighted by molar-refractivity contribution is 5.80. The molecule has 0 amide bonds. The fraction of sp³-hybridized carbons (Fsp3) is 0.940. The molecule has 2 N–H and O–H groups in total. The lowest BCUT2D eigenvalue weighted by molar-refractivity contribution is -0.155. The zero-order valence-corrected chi connectivity index (χ0v) is 49.2. The molecule has 1 rings (SSSR count). The van der Waals surface area contributed by atoms with Crippen LogP contribution in [0.1, 0.15) is 366 Å². The summed E-state index contributed by atoms with van der Waals surface area (Å²) < 4.78 is 10.6. The molecule has 0 spiro atoms. The van der Waals surface area contributed by atoms with Crippen molar-refractivity contribution in [3.8, 4) is 0 Å². The third kappa shape index (κ3) is 48.7. The van der Waals surface area contributed by atoms with Gasteiger partial charge in [-0.05, 0) is 32.1 Å². The molecule has 6 nitrogen and oxygen atoms in total. The van der Waals surface area contributed by atoms with Crippen LogP contribution in [0, 0.1) is 11.3 Å². The van der Waals surface area contributed by atoms with Gasteiger partial charge in [-0.2, -0.15) is 0 Å². The molecule has 1 unspecified atom stereocenters. The van der Waals surface area contributed by atoms with E-state index in [9.17, 15) is 19.8 Å². The molecule has 73 heavy (non-hydrogen) atoms. The van der Waals surface area contributed by atoms with Crippen molar-refractivity contribution in [2.75, 3.05) is 26.4 Å². The van der Waals surface area contributed by atoms with E-state index in [4.69, 9.17) is 9.47 Å². The second-order valence-electron chi connectivity index (χ2n) is 23.9. The number of ether oxygens (including phenoxy) is 2. The topological polar surface area (TPSA) is 93.1 Å². The number of cyclic esters (lactones) is 2.